The fraction of sp³-hybridized carbons (Fsp3) is 0.591. The van der Waals surface area contributed by atoms with Gasteiger partial charge in [0.15, 0.2) is 0 Å². The van der Waals surface area contributed by atoms with Gasteiger partial charge in [-0.3, -0.25) is 4.79 Å². The summed E-state index contributed by atoms with van der Waals surface area (Å²) in [5.41, 5.74) is 2.16. The highest BCUT2D eigenvalue weighted by molar-refractivity contribution is 5.70. The van der Waals surface area contributed by atoms with Crippen LogP contribution < -0.4 is 0 Å². The van der Waals surface area contributed by atoms with Crippen molar-refractivity contribution in [3.63, 3.8) is 0 Å². The van der Waals surface area contributed by atoms with Gasteiger partial charge < -0.3 is 4.74 Å². The fourth-order valence-electron chi connectivity index (χ4n) is 2.23. The second kappa shape index (κ2) is 12.8. The predicted molar refractivity (Wildman–Crippen MR) is 105 cm³/mol. The molecule has 24 heavy (non-hydrogen) atoms. The first-order chi connectivity index (χ1) is 11.3. The average Bonchev–Trinajstić information content (AvgIpc) is 2.46. The molecule has 0 amide bonds. The van der Waals surface area contributed by atoms with Crippen LogP contribution in [0, 0.1) is 0 Å². The molecule has 0 fully saturated rings. The normalized spacial score (nSPS) is 12.8. The fourth-order valence-corrected chi connectivity index (χ4v) is 2.23. The van der Waals surface area contributed by atoms with Crippen LogP contribution in [-0.4, -0.2) is 11.6 Å². The summed E-state index contributed by atoms with van der Waals surface area (Å²) in [6.07, 6.45) is 18.0. The first kappa shape index (κ1) is 22.4. The molecule has 0 aliphatic rings. The van der Waals surface area contributed by atoms with Crippen LogP contribution in [0.1, 0.15) is 80.1 Å². The summed E-state index contributed by atoms with van der Waals surface area (Å²) in [6.45, 7) is 12.2. The molecule has 0 saturated carbocycles. The Morgan fingerprint density at radius 2 is 1.54 bits per heavy atom. The van der Waals surface area contributed by atoms with Crippen molar-refractivity contribution in [2.24, 2.45) is 0 Å². The number of hydrogen-bond donors (Lipinski definition) is 0. The van der Waals surface area contributed by atoms with Gasteiger partial charge in [0.1, 0.15) is 5.60 Å². The Hall–Kier alpha value is -1.57. The molecule has 0 rings (SSSR count). The van der Waals surface area contributed by atoms with E-state index in [-0.39, 0.29) is 5.97 Å². The van der Waals surface area contributed by atoms with Gasteiger partial charge in [0, 0.05) is 6.42 Å². The first-order valence-electron chi connectivity index (χ1n) is 9.06. The maximum Gasteiger partial charge on any atom is 0.306 e. The molecule has 2 heteroatoms. The molecule has 0 radical (unpaired) electrons. The van der Waals surface area contributed by atoms with E-state index >= 15 is 0 Å². The molecule has 0 aromatic carbocycles. The van der Waals surface area contributed by atoms with Gasteiger partial charge in [-0.05, 0) is 79.7 Å². The van der Waals surface area contributed by atoms with Crippen LogP contribution in [0.2, 0.25) is 0 Å². The Kier molecular flexibility index (Phi) is 12.0. The Balaban J connectivity index is 4.12. The summed E-state index contributed by atoms with van der Waals surface area (Å²) in [6, 6.07) is 0. The zero-order chi connectivity index (χ0) is 18.4. The van der Waals surface area contributed by atoms with Gasteiger partial charge in [-0.25, -0.2) is 0 Å². The summed E-state index contributed by atoms with van der Waals surface area (Å²) >= 11 is 0. The minimum Gasteiger partial charge on any atom is -0.455 e. The van der Waals surface area contributed by atoms with Crippen molar-refractivity contribution in [2.75, 3.05) is 0 Å². The summed E-state index contributed by atoms with van der Waals surface area (Å²) in [5.74, 6) is -0.133. The summed E-state index contributed by atoms with van der Waals surface area (Å²) < 4.78 is 5.56. The highest BCUT2D eigenvalue weighted by Crippen LogP contribution is 2.15. The monoisotopic (exact) mass is 332 g/mol. The molecule has 0 aromatic rings. The zero-order valence-electron chi connectivity index (χ0n) is 16.5. The van der Waals surface area contributed by atoms with Crippen LogP contribution in [0.15, 0.2) is 47.6 Å². The van der Waals surface area contributed by atoms with E-state index in [4.69, 9.17) is 4.74 Å². The third kappa shape index (κ3) is 14.0. The molecule has 0 aliphatic carbocycles. The molecule has 0 unspecified atom stereocenters. The Bertz CT molecular complexity index is 472. The van der Waals surface area contributed by atoms with Gasteiger partial charge in [-0.1, -0.05) is 41.5 Å². The quantitative estimate of drug-likeness (QED) is 0.239. The van der Waals surface area contributed by atoms with Crippen LogP contribution >= 0.6 is 0 Å². The molecule has 0 aliphatic heterocycles. The Morgan fingerprint density at radius 1 is 0.917 bits per heavy atom. The van der Waals surface area contributed by atoms with E-state index in [0.717, 1.165) is 32.1 Å². The van der Waals surface area contributed by atoms with Crippen molar-refractivity contribution < 1.29 is 9.53 Å². The maximum atomic E-state index is 12.0. The lowest BCUT2D eigenvalue weighted by Gasteiger charge is -2.21. The van der Waals surface area contributed by atoms with E-state index in [2.05, 4.69) is 45.1 Å². The summed E-state index contributed by atoms with van der Waals surface area (Å²) in [4.78, 5) is 12.0. The minimum atomic E-state index is -0.533. The van der Waals surface area contributed by atoms with Gasteiger partial charge in [0.2, 0.25) is 0 Å². The van der Waals surface area contributed by atoms with Crippen molar-refractivity contribution in [3.8, 4) is 0 Å². The smallest absolute Gasteiger partial charge is 0.306 e. The number of unbranched alkanes of at least 4 members (excludes halogenated alkanes) is 1. The van der Waals surface area contributed by atoms with Crippen LogP contribution in [0.4, 0.5) is 0 Å². The molecule has 136 valence electrons. The van der Waals surface area contributed by atoms with Gasteiger partial charge >= 0.3 is 5.97 Å². The lowest BCUT2D eigenvalue weighted by atomic mass is 10.1. The van der Waals surface area contributed by atoms with E-state index in [1.165, 1.54) is 11.1 Å². The maximum absolute atomic E-state index is 12.0. The van der Waals surface area contributed by atoms with Crippen molar-refractivity contribution in [3.05, 3.63) is 47.6 Å². The van der Waals surface area contributed by atoms with Crippen LogP contribution in [0.3, 0.4) is 0 Å². The van der Waals surface area contributed by atoms with Crippen LogP contribution in [-0.2, 0) is 9.53 Å². The molecule has 2 nitrogen and oxygen atoms in total. The molecular formula is C22H36O2. The number of ether oxygens (including phenoxy) is 1. The molecule has 0 saturated heterocycles. The standard InChI is InChI=1S/C22H36O2/c1-7-8-9-10-11-18-22(5,6)24-21(23)17-13-16-20(4)15-12-14-19(2)3/h7-8,11,14,16,18H,9-10,12-13,15,17H2,1-6H3/b8-7?,18-11?,20-16-. The second-order valence-corrected chi connectivity index (χ2v) is 7.04. The topological polar surface area (TPSA) is 26.3 Å². The summed E-state index contributed by atoms with van der Waals surface area (Å²) in [7, 11) is 0. The van der Waals surface area contributed by atoms with Crippen molar-refractivity contribution in [2.45, 2.75) is 85.7 Å². The van der Waals surface area contributed by atoms with Crippen LogP contribution in [0.25, 0.3) is 0 Å². The molecule has 0 N–H and O–H groups in total. The largest absolute Gasteiger partial charge is 0.455 e. The molecule has 0 atom stereocenters. The van der Waals surface area contributed by atoms with Crippen molar-refractivity contribution >= 4 is 5.97 Å². The number of rotatable bonds is 11. The van der Waals surface area contributed by atoms with Gasteiger partial charge in [0.25, 0.3) is 0 Å². The SMILES string of the molecule is CC=CCCC=CC(C)(C)OC(=O)CC/C=C(/C)CCC=C(C)C. The van der Waals surface area contributed by atoms with Gasteiger partial charge in [-0.2, -0.15) is 0 Å². The molecule has 0 heterocycles. The van der Waals surface area contributed by atoms with E-state index in [0.29, 0.717) is 6.42 Å². The average molecular weight is 333 g/mol. The minimum absolute atomic E-state index is 0.133. The van der Waals surface area contributed by atoms with E-state index < -0.39 is 5.60 Å². The summed E-state index contributed by atoms with van der Waals surface area (Å²) in [5, 5.41) is 0. The van der Waals surface area contributed by atoms with Gasteiger partial charge in [0.05, 0.1) is 0 Å². The number of carbonyl (C=O) groups is 1. The third-order valence-electron chi connectivity index (χ3n) is 3.56. The van der Waals surface area contributed by atoms with Crippen molar-refractivity contribution in [1.82, 2.24) is 0 Å². The lowest BCUT2D eigenvalue weighted by Crippen LogP contribution is -2.25. The van der Waals surface area contributed by atoms with Crippen LogP contribution in [0.5, 0.6) is 0 Å². The highest BCUT2D eigenvalue weighted by atomic mass is 16.6. The van der Waals surface area contributed by atoms with Crippen molar-refractivity contribution in [1.29, 1.82) is 0 Å². The third-order valence-corrected chi connectivity index (χ3v) is 3.56. The molecule has 0 bridgehead atoms. The highest BCUT2D eigenvalue weighted by Gasteiger charge is 2.18. The number of esters is 1. The predicted octanol–water partition coefficient (Wildman–Crippen LogP) is 6.69. The molecular weight excluding hydrogens is 296 g/mol. The molecule has 0 aromatic heterocycles. The number of hydrogen-bond acceptors (Lipinski definition) is 2. The molecule has 0 spiro atoms. The zero-order valence-corrected chi connectivity index (χ0v) is 16.5. The first-order valence-corrected chi connectivity index (χ1v) is 9.06. The Labute approximate surface area is 149 Å². The van der Waals surface area contributed by atoms with E-state index in [1.54, 1.807) is 0 Å². The Morgan fingerprint density at radius 3 is 2.17 bits per heavy atom. The number of carbonyl (C=O) groups excluding carboxylic acids is 1. The van der Waals surface area contributed by atoms with Gasteiger partial charge in [-0.15, -0.1) is 0 Å². The van der Waals surface area contributed by atoms with E-state index in [9.17, 15) is 4.79 Å². The number of allylic oxidation sites excluding steroid dienone is 7. The lowest BCUT2D eigenvalue weighted by molar-refractivity contribution is -0.152. The second-order valence-electron chi connectivity index (χ2n) is 7.04. The van der Waals surface area contributed by atoms with E-state index in [1.807, 2.05) is 32.9 Å².